The lowest BCUT2D eigenvalue weighted by Crippen LogP contribution is -2.47. The van der Waals surface area contributed by atoms with Crippen molar-refractivity contribution in [3.05, 3.63) is 48.0 Å². The minimum Gasteiger partial charge on any atom is -0.417 e. The van der Waals surface area contributed by atoms with Gasteiger partial charge in [0, 0.05) is 12.2 Å². The van der Waals surface area contributed by atoms with E-state index < -0.39 is 20.3 Å². The van der Waals surface area contributed by atoms with E-state index >= 15 is 0 Å². The molecule has 27 heavy (non-hydrogen) atoms. The quantitative estimate of drug-likeness (QED) is 0.710. The van der Waals surface area contributed by atoms with Gasteiger partial charge in [0.25, 0.3) is 5.91 Å². The van der Waals surface area contributed by atoms with Crippen molar-refractivity contribution in [1.82, 2.24) is 5.32 Å². The fourth-order valence-electron chi connectivity index (χ4n) is 2.59. The van der Waals surface area contributed by atoms with E-state index in [-0.39, 0.29) is 10.9 Å². The average molecular weight is 387 g/mol. The molecule has 0 radical (unpaired) electrons. The van der Waals surface area contributed by atoms with Gasteiger partial charge in [-0.25, -0.2) is 0 Å². The summed E-state index contributed by atoms with van der Waals surface area (Å²) in [5.41, 5.74) is 6.05. The predicted molar refractivity (Wildman–Crippen MR) is 112 cm³/mol. The van der Waals surface area contributed by atoms with Crippen LogP contribution in [0.25, 0.3) is 10.8 Å². The zero-order valence-corrected chi connectivity index (χ0v) is 17.8. The number of benzene rings is 2. The molecule has 0 fully saturated rings. The Morgan fingerprint density at radius 2 is 1.74 bits per heavy atom. The first-order chi connectivity index (χ1) is 12.5. The Kier molecular flexibility index (Phi) is 6.44. The van der Waals surface area contributed by atoms with Gasteiger partial charge >= 0.3 is 0 Å². The van der Waals surface area contributed by atoms with Crippen molar-refractivity contribution in [2.75, 3.05) is 6.61 Å². The van der Waals surface area contributed by atoms with Crippen molar-refractivity contribution in [2.45, 2.75) is 51.4 Å². The van der Waals surface area contributed by atoms with Crippen molar-refractivity contribution in [1.29, 1.82) is 0 Å². The minimum atomic E-state index is -1.91. The molecular formula is C21H30N2O3Si. The molecule has 0 spiro atoms. The molecular weight excluding hydrogens is 356 g/mol. The van der Waals surface area contributed by atoms with E-state index in [9.17, 15) is 9.59 Å². The summed E-state index contributed by atoms with van der Waals surface area (Å²) in [5, 5.41) is 4.68. The number of nitrogens with two attached hydrogens (primary N) is 1. The number of rotatable bonds is 7. The van der Waals surface area contributed by atoms with Crippen LogP contribution in [0.2, 0.25) is 18.1 Å². The Hall–Kier alpha value is -2.18. The average Bonchev–Trinajstić information content (AvgIpc) is 2.59. The van der Waals surface area contributed by atoms with Gasteiger partial charge in [-0.05, 0) is 41.4 Å². The highest BCUT2D eigenvalue weighted by Crippen LogP contribution is 2.36. The minimum absolute atomic E-state index is 0.0847. The fraction of sp³-hybridized carbons (Fsp3) is 0.429. The van der Waals surface area contributed by atoms with Crippen molar-refractivity contribution in [3.8, 4) is 0 Å². The molecule has 0 bridgehead atoms. The van der Waals surface area contributed by atoms with Gasteiger partial charge in [0.2, 0.25) is 5.91 Å². The Bertz CT molecular complexity index is 822. The first kappa shape index (κ1) is 21.1. The molecule has 1 atom stereocenters. The maximum atomic E-state index is 12.7. The molecule has 0 unspecified atom stereocenters. The number of nitrogens with one attached hydrogen (secondary N) is 1. The maximum absolute atomic E-state index is 12.7. The van der Waals surface area contributed by atoms with Crippen LogP contribution in [0.5, 0.6) is 0 Å². The lowest BCUT2D eigenvalue weighted by atomic mass is 10.0. The molecule has 2 aromatic rings. The maximum Gasteiger partial charge on any atom is 0.252 e. The third-order valence-corrected chi connectivity index (χ3v) is 9.90. The summed E-state index contributed by atoms with van der Waals surface area (Å²) in [6, 6.07) is 12.4. The second-order valence-electron chi connectivity index (χ2n) is 8.35. The highest BCUT2D eigenvalue weighted by molar-refractivity contribution is 6.74. The molecule has 146 valence electrons. The monoisotopic (exact) mass is 386 g/mol. The van der Waals surface area contributed by atoms with Crippen LogP contribution in [-0.4, -0.2) is 32.8 Å². The SMILES string of the molecule is CC(C)(C)[Si](C)(C)OCC[C@@H](NC(=O)c1cccc2ccccc12)C(N)=O. The van der Waals surface area contributed by atoms with Gasteiger partial charge < -0.3 is 15.5 Å². The summed E-state index contributed by atoms with van der Waals surface area (Å²) in [6.45, 7) is 11.2. The first-order valence-corrected chi connectivity index (χ1v) is 12.2. The second kappa shape index (κ2) is 8.23. The highest BCUT2D eigenvalue weighted by Gasteiger charge is 2.37. The van der Waals surface area contributed by atoms with E-state index in [2.05, 4.69) is 39.2 Å². The van der Waals surface area contributed by atoms with E-state index in [4.69, 9.17) is 10.2 Å². The molecule has 2 rings (SSSR count). The first-order valence-electron chi connectivity index (χ1n) is 9.25. The number of hydrogen-bond donors (Lipinski definition) is 2. The lowest BCUT2D eigenvalue weighted by Gasteiger charge is -2.36. The van der Waals surface area contributed by atoms with Crippen LogP contribution < -0.4 is 11.1 Å². The van der Waals surface area contributed by atoms with Crippen molar-refractivity contribution < 1.29 is 14.0 Å². The van der Waals surface area contributed by atoms with E-state index in [0.29, 0.717) is 18.6 Å². The zero-order valence-electron chi connectivity index (χ0n) is 16.8. The summed E-state index contributed by atoms with van der Waals surface area (Å²) in [4.78, 5) is 24.6. The molecule has 0 aliphatic heterocycles. The summed E-state index contributed by atoms with van der Waals surface area (Å²) in [5.74, 6) is -0.856. The van der Waals surface area contributed by atoms with Gasteiger partial charge in [-0.2, -0.15) is 0 Å². The topological polar surface area (TPSA) is 81.4 Å². The Balaban J connectivity index is 2.07. The number of amides is 2. The highest BCUT2D eigenvalue weighted by atomic mass is 28.4. The second-order valence-corrected chi connectivity index (χ2v) is 13.2. The van der Waals surface area contributed by atoms with Crippen molar-refractivity contribution in [3.63, 3.8) is 0 Å². The molecule has 0 aromatic heterocycles. The van der Waals surface area contributed by atoms with Crippen LogP contribution in [-0.2, 0) is 9.22 Å². The van der Waals surface area contributed by atoms with Gasteiger partial charge in [-0.1, -0.05) is 57.2 Å². The summed E-state index contributed by atoms with van der Waals surface area (Å²) in [6.07, 6.45) is 0.359. The Morgan fingerprint density at radius 3 is 2.37 bits per heavy atom. The molecule has 2 aromatic carbocycles. The molecule has 0 aliphatic rings. The lowest BCUT2D eigenvalue weighted by molar-refractivity contribution is -0.120. The van der Waals surface area contributed by atoms with Crippen molar-refractivity contribution in [2.24, 2.45) is 5.73 Å². The largest absolute Gasteiger partial charge is 0.417 e. The third kappa shape index (κ3) is 5.17. The van der Waals surface area contributed by atoms with Gasteiger partial charge in [0.15, 0.2) is 8.32 Å². The molecule has 0 saturated carbocycles. The number of primary amides is 1. The molecule has 0 heterocycles. The Labute approximate surface area is 162 Å². The number of carbonyl (C=O) groups is 2. The van der Waals surface area contributed by atoms with Gasteiger partial charge in [0.1, 0.15) is 6.04 Å². The van der Waals surface area contributed by atoms with E-state index in [1.165, 1.54) is 0 Å². The molecule has 0 aliphatic carbocycles. The normalized spacial score (nSPS) is 13.4. The zero-order chi connectivity index (χ0) is 20.2. The van der Waals surface area contributed by atoms with E-state index in [0.717, 1.165) is 10.8 Å². The van der Waals surface area contributed by atoms with Gasteiger partial charge in [0.05, 0.1) is 0 Å². The molecule has 2 amide bonds. The molecule has 5 nitrogen and oxygen atoms in total. The summed E-state index contributed by atoms with van der Waals surface area (Å²) < 4.78 is 6.11. The van der Waals surface area contributed by atoms with Crippen LogP contribution in [0.15, 0.2) is 42.5 Å². The fourth-order valence-corrected chi connectivity index (χ4v) is 3.65. The van der Waals surface area contributed by atoms with E-state index in [1.54, 1.807) is 6.07 Å². The van der Waals surface area contributed by atoms with Crippen LogP contribution in [0.3, 0.4) is 0 Å². The van der Waals surface area contributed by atoms with Crippen LogP contribution in [0, 0.1) is 0 Å². The van der Waals surface area contributed by atoms with Crippen LogP contribution >= 0.6 is 0 Å². The van der Waals surface area contributed by atoms with Gasteiger partial charge in [-0.3, -0.25) is 9.59 Å². The summed E-state index contributed by atoms with van der Waals surface area (Å²) >= 11 is 0. The Morgan fingerprint density at radius 1 is 1.11 bits per heavy atom. The van der Waals surface area contributed by atoms with Crippen LogP contribution in [0.1, 0.15) is 37.6 Å². The number of fused-ring (bicyclic) bond motifs is 1. The van der Waals surface area contributed by atoms with Crippen LogP contribution in [0.4, 0.5) is 0 Å². The third-order valence-electron chi connectivity index (χ3n) is 5.36. The van der Waals surface area contributed by atoms with Gasteiger partial charge in [-0.15, -0.1) is 0 Å². The van der Waals surface area contributed by atoms with E-state index in [1.807, 2.05) is 36.4 Å². The smallest absolute Gasteiger partial charge is 0.252 e. The number of hydrogen-bond acceptors (Lipinski definition) is 3. The molecule has 3 N–H and O–H groups in total. The number of carbonyl (C=O) groups excluding carboxylic acids is 2. The molecule has 0 saturated heterocycles. The predicted octanol–water partition coefficient (Wildman–Crippen LogP) is 3.84. The standard InChI is InChI=1S/C21H30N2O3Si/c1-21(2,3)27(4,5)26-14-13-18(19(22)24)23-20(25)17-12-8-10-15-9-6-7-11-16(15)17/h6-12,18H,13-14H2,1-5H3,(H2,22,24)(H,23,25)/t18-/m1/s1. The molecule has 6 heteroatoms. The summed E-state index contributed by atoms with van der Waals surface area (Å²) in [7, 11) is -1.91. The van der Waals surface area contributed by atoms with Crippen molar-refractivity contribution >= 4 is 30.9 Å².